The zero-order valence-corrected chi connectivity index (χ0v) is 11.6. The van der Waals surface area contributed by atoms with Gasteiger partial charge in [0.1, 0.15) is 0 Å². The van der Waals surface area contributed by atoms with Crippen molar-refractivity contribution in [1.29, 1.82) is 0 Å². The molecule has 2 rings (SSSR count). The third kappa shape index (κ3) is 2.68. The first-order valence-electron chi connectivity index (χ1n) is 5.81. The highest BCUT2D eigenvalue weighted by Gasteiger charge is 2.33. The first kappa shape index (κ1) is 14.9. The van der Waals surface area contributed by atoms with E-state index >= 15 is 0 Å². The molecule has 110 valence electrons. The number of benzene rings is 1. The molecule has 1 aromatic rings. The maximum Gasteiger partial charge on any atom is 0.315 e. The van der Waals surface area contributed by atoms with Crippen molar-refractivity contribution < 1.29 is 24.7 Å². The Kier molecular flexibility index (Phi) is 3.85. The van der Waals surface area contributed by atoms with Gasteiger partial charge in [-0.05, 0) is 36.4 Å². The van der Waals surface area contributed by atoms with Crippen molar-refractivity contribution in [2.24, 2.45) is 0 Å². The number of thioether (sulfide) groups is 1. The van der Waals surface area contributed by atoms with Crippen molar-refractivity contribution in [1.82, 2.24) is 4.90 Å². The van der Waals surface area contributed by atoms with Crippen LogP contribution in [0.15, 0.2) is 17.0 Å². The molecule has 2 amide bonds. The molecule has 0 radical (unpaired) electrons. The zero-order chi connectivity index (χ0) is 15.7. The highest BCUT2D eigenvalue weighted by molar-refractivity contribution is 8.18. The van der Waals surface area contributed by atoms with E-state index in [9.17, 15) is 29.9 Å². The van der Waals surface area contributed by atoms with E-state index in [1.807, 2.05) is 0 Å². The normalized spacial score (nSPS) is 16.8. The van der Waals surface area contributed by atoms with E-state index in [4.69, 9.17) is 0 Å². The highest BCUT2D eigenvalue weighted by atomic mass is 32.2. The molecular formula is C12H10N2O6S. The SMILES string of the molecule is CCN1C(=O)S/C(=C/c2cc(O)c(O)c([N+](=O)[O-])c2)C1=O. The smallest absolute Gasteiger partial charge is 0.315 e. The monoisotopic (exact) mass is 310 g/mol. The third-order valence-electron chi connectivity index (χ3n) is 2.78. The molecule has 0 spiro atoms. The van der Waals surface area contributed by atoms with Crippen molar-refractivity contribution in [3.05, 3.63) is 32.7 Å². The second-order valence-electron chi connectivity index (χ2n) is 4.09. The van der Waals surface area contributed by atoms with Crippen LogP contribution >= 0.6 is 11.8 Å². The Morgan fingerprint density at radius 1 is 1.38 bits per heavy atom. The van der Waals surface area contributed by atoms with Crippen molar-refractivity contribution in [3.8, 4) is 11.5 Å². The number of likely N-dealkylation sites (N-methyl/N-ethyl adjacent to an activating group) is 1. The average molecular weight is 310 g/mol. The summed E-state index contributed by atoms with van der Waals surface area (Å²) in [5.41, 5.74) is -0.547. The minimum Gasteiger partial charge on any atom is -0.504 e. The van der Waals surface area contributed by atoms with E-state index in [1.54, 1.807) is 6.92 Å². The molecule has 1 aromatic carbocycles. The van der Waals surface area contributed by atoms with Gasteiger partial charge in [-0.2, -0.15) is 0 Å². The number of amides is 2. The lowest BCUT2D eigenvalue weighted by Gasteiger charge is -2.07. The van der Waals surface area contributed by atoms with Gasteiger partial charge in [0, 0.05) is 12.6 Å². The van der Waals surface area contributed by atoms with Gasteiger partial charge >= 0.3 is 5.69 Å². The molecule has 1 heterocycles. The van der Waals surface area contributed by atoms with Gasteiger partial charge in [-0.1, -0.05) is 0 Å². The van der Waals surface area contributed by atoms with Crippen LogP contribution in [0.3, 0.4) is 0 Å². The zero-order valence-electron chi connectivity index (χ0n) is 10.8. The molecule has 1 aliphatic heterocycles. The van der Waals surface area contributed by atoms with Gasteiger partial charge in [-0.25, -0.2) is 0 Å². The summed E-state index contributed by atoms with van der Waals surface area (Å²) in [7, 11) is 0. The van der Waals surface area contributed by atoms with E-state index in [0.29, 0.717) is 11.8 Å². The lowest BCUT2D eigenvalue weighted by molar-refractivity contribution is -0.386. The summed E-state index contributed by atoms with van der Waals surface area (Å²) >= 11 is 0.710. The van der Waals surface area contributed by atoms with Gasteiger partial charge in [0.15, 0.2) is 5.75 Å². The summed E-state index contributed by atoms with van der Waals surface area (Å²) in [4.78, 5) is 34.5. The lowest BCUT2D eigenvalue weighted by Crippen LogP contribution is -2.27. The molecule has 8 nitrogen and oxygen atoms in total. The number of carbonyl (C=O) groups is 2. The maximum atomic E-state index is 11.9. The predicted octanol–water partition coefficient (Wildman–Crippen LogP) is 2.06. The molecule has 1 aliphatic rings. The van der Waals surface area contributed by atoms with Crippen LogP contribution < -0.4 is 0 Å². The first-order chi connectivity index (χ1) is 9.85. The number of imide groups is 1. The molecule has 0 aliphatic carbocycles. The molecule has 2 N–H and O–H groups in total. The van der Waals surface area contributed by atoms with Crippen LogP contribution in [-0.2, 0) is 4.79 Å². The quantitative estimate of drug-likeness (QED) is 0.379. The molecule has 0 bridgehead atoms. The van der Waals surface area contributed by atoms with Crippen LogP contribution in [0.4, 0.5) is 10.5 Å². The van der Waals surface area contributed by atoms with Crippen LogP contribution in [0.2, 0.25) is 0 Å². The number of aromatic hydroxyl groups is 2. The average Bonchev–Trinajstić information content (AvgIpc) is 2.67. The fraction of sp³-hybridized carbons (Fsp3) is 0.167. The Morgan fingerprint density at radius 2 is 2.05 bits per heavy atom. The number of phenolic OH excluding ortho intramolecular Hbond substituents is 2. The van der Waals surface area contributed by atoms with Crippen molar-refractivity contribution in [2.75, 3.05) is 6.54 Å². The first-order valence-corrected chi connectivity index (χ1v) is 6.62. The summed E-state index contributed by atoms with van der Waals surface area (Å²) in [6, 6.07) is 2.08. The number of phenols is 2. The molecule has 9 heteroatoms. The summed E-state index contributed by atoms with van der Waals surface area (Å²) in [6.07, 6.45) is 1.26. The fourth-order valence-electron chi connectivity index (χ4n) is 1.77. The summed E-state index contributed by atoms with van der Waals surface area (Å²) in [5.74, 6) is -2.02. The second kappa shape index (κ2) is 5.44. The molecule has 21 heavy (non-hydrogen) atoms. The third-order valence-corrected chi connectivity index (χ3v) is 3.68. The van der Waals surface area contributed by atoms with Crippen LogP contribution in [0.1, 0.15) is 12.5 Å². The fourth-order valence-corrected chi connectivity index (χ4v) is 2.67. The van der Waals surface area contributed by atoms with Gasteiger partial charge < -0.3 is 10.2 Å². The van der Waals surface area contributed by atoms with E-state index in [-0.39, 0.29) is 17.0 Å². The van der Waals surface area contributed by atoms with Crippen molar-refractivity contribution >= 4 is 34.7 Å². The van der Waals surface area contributed by atoms with Crippen molar-refractivity contribution in [3.63, 3.8) is 0 Å². The van der Waals surface area contributed by atoms with E-state index in [0.717, 1.165) is 17.0 Å². The number of rotatable bonds is 3. The van der Waals surface area contributed by atoms with E-state index < -0.39 is 33.3 Å². The summed E-state index contributed by atoms with van der Waals surface area (Å²) in [5, 5.41) is 29.2. The Balaban J connectivity index is 2.45. The lowest BCUT2D eigenvalue weighted by atomic mass is 10.1. The largest absolute Gasteiger partial charge is 0.504 e. The molecule has 0 atom stereocenters. The molecule has 0 saturated carbocycles. The maximum absolute atomic E-state index is 11.9. The van der Waals surface area contributed by atoms with Crippen LogP contribution in [-0.4, -0.2) is 37.7 Å². The molecule has 0 aromatic heterocycles. The van der Waals surface area contributed by atoms with Crippen LogP contribution in [0.25, 0.3) is 6.08 Å². The predicted molar refractivity (Wildman–Crippen MR) is 74.8 cm³/mol. The Morgan fingerprint density at radius 3 is 2.57 bits per heavy atom. The van der Waals surface area contributed by atoms with Gasteiger partial charge in [-0.3, -0.25) is 24.6 Å². The van der Waals surface area contributed by atoms with Gasteiger partial charge in [0.05, 0.1) is 9.83 Å². The number of nitro groups is 1. The van der Waals surface area contributed by atoms with Crippen LogP contribution in [0.5, 0.6) is 11.5 Å². The Hall–Kier alpha value is -2.55. The number of hydrogen-bond acceptors (Lipinski definition) is 7. The molecule has 1 saturated heterocycles. The number of nitro benzene ring substituents is 1. The summed E-state index contributed by atoms with van der Waals surface area (Å²) < 4.78 is 0. The Bertz CT molecular complexity index is 685. The van der Waals surface area contributed by atoms with E-state index in [2.05, 4.69) is 0 Å². The minimum absolute atomic E-state index is 0.0984. The van der Waals surface area contributed by atoms with Crippen molar-refractivity contribution in [2.45, 2.75) is 6.92 Å². The standard InChI is InChI=1S/C12H10N2O6S/c1-2-13-11(17)9(21-12(13)18)5-6-3-7(14(19)20)10(16)8(15)4-6/h3-5,15-16H,2H2,1H3/b9-5+. The number of carbonyl (C=O) groups excluding carboxylic acids is 2. The summed E-state index contributed by atoms with van der Waals surface area (Å²) in [6.45, 7) is 1.87. The number of nitrogens with zero attached hydrogens (tertiary/aromatic N) is 2. The Labute approximate surface area is 122 Å². The molecule has 0 unspecified atom stereocenters. The molecular weight excluding hydrogens is 300 g/mol. The number of hydrogen-bond donors (Lipinski definition) is 2. The topological polar surface area (TPSA) is 121 Å². The minimum atomic E-state index is -0.857. The van der Waals surface area contributed by atoms with Gasteiger partial charge in [0.2, 0.25) is 5.75 Å². The molecule has 1 fully saturated rings. The van der Waals surface area contributed by atoms with Crippen LogP contribution in [0, 0.1) is 10.1 Å². The second-order valence-corrected chi connectivity index (χ2v) is 5.08. The van der Waals surface area contributed by atoms with Gasteiger partial charge in [-0.15, -0.1) is 0 Å². The highest BCUT2D eigenvalue weighted by Crippen LogP contribution is 2.38. The van der Waals surface area contributed by atoms with Gasteiger partial charge in [0.25, 0.3) is 11.1 Å². The van der Waals surface area contributed by atoms with E-state index in [1.165, 1.54) is 6.08 Å².